The van der Waals surface area contributed by atoms with Gasteiger partial charge >= 0.3 is 0 Å². The lowest BCUT2D eigenvalue weighted by molar-refractivity contribution is 0.208. The van der Waals surface area contributed by atoms with Gasteiger partial charge in [-0.15, -0.1) is 0 Å². The first-order valence-electron chi connectivity index (χ1n) is 13.1. The molecule has 3 N–H and O–H groups in total. The molecule has 0 atom stereocenters. The molecule has 39 heavy (non-hydrogen) atoms. The Morgan fingerprint density at radius 3 is 0.974 bits per heavy atom. The minimum absolute atomic E-state index is 0.274. The van der Waals surface area contributed by atoms with E-state index in [1.54, 1.807) is 36.8 Å². The van der Waals surface area contributed by atoms with Crippen LogP contribution in [0.3, 0.4) is 0 Å². The van der Waals surface area contributed by atoms with Gasteiger partial charge in [0.15, 0.2) is 17.2 Å². The molecule has 1 saturated heterocycles. The number of rotatable bonds is 9. The Labute approximate surface area is 225 Å². The summed E-state index contributed by atoms with van der Waals surface area (Å²) >= 11 is 0. The number of nitrogens with zero attached hydrogens (tertiary/aromatic N) is 6. The van der Waals surface area contributed by atoms with Crippen molar-refractivity contribution in [2.75, 3.05) is 58.9 Å². The molecule has 0 saturated carbocycles. The van der Waals surface area contributed by atoms with Gasteiger partial charge in [0.25, 0.3) is 16.7 Å². The fourth-order valence-corrected chi connectivity index (χ4v) is 4.70. The van der Waals surface area contributed by atoms with Gasteiger partial charge in [-0.05, 0) is 36.4 Å². The first-order chi connectivity index (χ1) is 18.8. The number of hydrogen-bond donors (Lipinski definition) is 3. The highest BCUT2D eigenvalue weighted by atomic mass is 16.3. The van der Waals surface area contributed by atoms with E-state index in [0.29, 0.717) is 39.3 Å². The van der Waals surface area contributed by atoms with Gasteiger partial charge in [0.1, 0.15) is 0 Å². The maximum Gasteiger partial charge on any atom is 0.292 e. The van der Waals surface area contributed by atoms with Crippen LogP contribution < -0.4 is 16.7 Å². The Morgan fingerprint density at radius 2 is 0.718 bits per heavy atom. The van der Waals surface area contributed by atoms with Gasteiger partial charge in [0.05, 0.1) is 0 Å². The second kappa shape index (κ2) is 13.3. The van der Waals surface area contributed by atoms with Crippen molar-refractivity contribution in [1.29, 1.82) is 0 Å². The van der Waals surface area contributed by atoms with E-state index in [1.165, 1.54) is 31.9 Å². The summed E-state index contributed by atoms with van der Waals surface area (Å²) in [7, 11) is 0. The van der Waals surface area contributed by atoms with E-state index in [0.717, 1.165) is 39.3 Å². The summed E-state index contributed by atoms with van der Waals surface area (Å²) in [4.78, 5) is 43.6. The van der Waals surface area contributed by atoms with E-state index in [4.69, 9.17) is 0 Å². The van der Waals surface area contributed by atoms with Crippen LogP contribution in [0.4, 0.5) is 0 Å². The summed E-state index contributed by atoms with van der Waals surface area (Å²) in [6.07, 6.45) is 4.99. The number of aromatic hydroxyl groups is 3. The quantitative estimate of drug-likeness (QED) is 0.331. The molecule has 0 radical (unpaired) electrons. The third-order valence-corrected chi connectivity index (χ3v) is 7.17. The summed E-state index contributed by atoms with van der Waals surface area (Å²) in [6, 6.07) is 9.07. The van der Waals surface area contributed by atoms with Crippen molar-refractivity contribution >= 4 is 0 Å². The summed E-state index contributed by atoms with van der Waals surface area (Å²) in [6.45, 7) is 7.66. The molecule has 1 aliphatic heterocycles. The molecule has 1 fully saturated rings. The van der Waals surface area contributed by atoms with E-state index < -0.39 is 16.7 Å². The van der Waals surface area contributed by atoms with E-state index in [1.807, 2.05) is 0 Å². The first-order valence-corrected chi connectivity index (χ1v) is 13.1. The Kier molecular flexibility index (Phi) is 9.58. The van der Waals surface area contributed by atoms with E-state index in [-0.39, 0.29) is 17.2 Å². The molecule has 3 aromatic heterocycles. The first kappa shape index (κ1) is 28.1. The zero-order valence-electron chi connectivity index (χ0n) is 21.9. The summed E-state index contributed by atoms with van der Waals surface area (Å²) < 4.78 is 4.50. The largest absolute Gasteiger partial charge is 0.503 e. The summed E-state index contributed by atoms with van der Waals surface area (Å²) in [5.41, 5.74) is -1.26. The number of pyridine rings is 3. The van der Waals surface area contributed by atoms with Crippen molar-refractivity contribution in [3.63, 3.8) is 0 Å². The highest BCUT2D eigenvalue weighted by molar-refractivity contribution is 5.16. The summed E-state index contributed by atoms with van der Waals surface area (Å²) in [5, 5.41) is 29.3. The van der Waals surface area contributed by atoms with Crippen molar-refractivity contribution in [1.82, 2.24) is 28.4 Å². The average molecular weight is 541 g/mol. The average Bonchev–Trinajstić information content (AvgIpc) is 3.02. The molecule has 4 heterocycles. The van der Waals surface area contributed by atoms with E-state index in [2.05, 4.69) is 14.7 Å². The zero-order chi connectivity index (χ0) is 27.8. The minimum Gasteiger partial charge on any atom is -0.503 e. The Morgan fingerprint density at radius 1 is 0.462 bits per heavy atom. The molecule has 0 unspecified atom stereocenters. The normalized spacial score (nSPS) is 16.0. The molecular weight excluding hydrogens is 504 g/mol. The van der Waals surface area contributed by atoms with Crippen molar-refractivity contribution in [2.24, 2.45) is 0 Å². The van der Waals surface area contributed by atoms with Crippen molar-refractivity contribution < 1.29 is 15.3 Å². The molecule has 12 heteroatoms. The molecular formula is C27H36N6O6. The number of hydrogen-bond acceptors (Lipinski definition) is 9. The topological polar surface area (TPSA) is 136 Å². The van der Waals surface area contributed by atoms with Crippen LogP contribution in [0.5, 0.6) is 17.2 Å². The van der Waals surface area contributed by atoms with Crippen molar-refractivity contribution in [3.05, 3.63) is 86.1 Å². The maximum atomic E-state index is 12.3. The molecule has 0 amide bonds. The standard InChI is InChI=1S/C27H36N6O6/c34-22-4-1-7-31(25(22)37)19-16-28-10-12-29(17-20-32-8-2-5-23(35)26(32)38)14-15-30(13-11-28)18-21-33-9-3-6-24(36)27(33)39/h1-9,34-36H,10-21H2. The van der Waals surface area contributed by atoms with Gasteiger partial charge in [-0.3, -0.25) is 29.1 Å². The maximum absolute atomic E-state index is 12.3. The van der Waals surface area contributed by atoms with Crippen LogP contribution in [-0.4, -0.2) is 103 Å². The molecule has 12 nitrogen and oxygen atoms in total. The van der Waals surface area contributed by atoms with Crippen LogP contribution >= 0.6 is 0 Å². The molecule has 0 spiro atoms. The van der Waals surface area contributed by atoms with Gasteiger partial charge in [-0.25, -0.2) is 0 Å². The Hall–Kier alpha value is -3.87. The lowest BCUT2D eigenvalue weighted by atomic mass is 10.3. The third kappa shape index (κ3) is 7.59. The molecule has 0 aliphatic carbocycles. The van der Waals surface area contributed by atoms with Gasteiger partial charge in [-0.2, -0.15) is 0 Å². The summed E-state index contributed by atoms with van der Waals surface area (Å²) in [5.74, 6) is -0.823. The van der Waals surface area contributed by atoms with E-state index >= 15 is 0 Å². The van der Waals surface area contributed by atoms with Crippen LogP contribution in [0.15, 0.2) is 69.4 Å². The minimum atomic E-state index is -0.418. The lowest BCUT2D eigenvalue weighted by Gasteiger charge is -2.26. The van der Waals surface area contributed by atoms with Crippen LogP contribution in [0, 0.1) is 0 Å². The SMILES string of the molecule is O=c1c(O)cccn1CCN1CCN(CCn2cccc(O)c2=O)CCN(CCn2cccc(O)c2=O)CC1. The Balaban J connectivity index is 1.44. The zero-order valence-corrected chi connectivity index (χ0v) is 21.9. The molecule has 0 aromatic carbocycles. The predicted molar refractivity (Wildman–Crippen MR) is 146 cm³/mol. The van der Waals surface area contributed by atoms with Crippen LogP contribution in [-0.2, 0) is 19.6 Å². The van der Waals surface area contributed by atoms with Crippen LogP contribution in [0.1, 0.15) is 0 Å². The second-order valence-corrected chi connectivity index (χ2v) is 9.70. The fraction of sp³-hybridized carbons (Fsp3) is 0.444. The van der Waals surface area contributed by atoms with Crippen LogP contribution in [0.25, 0.3) is 0 Å². The van der Waals surface area contributed by atoms with Crippen molar-refractivity contribution in [2.45, 2.75) is 19.6 Å². The van der Waals surface area contributed by atoms with Crippen LogP contribution in [0.2, 0.25) is 0 Å². The van der Waals surface area contributed by atoms with Gasteiger partial charge in [0.2, 0.25) is 0 Å². The van der Waals surface area contributed by atoms with Gasteiger partial charge < -0.3 is 29.0 Å². The van der Waals surface area contributed by atoms with Gasteiger partial charge in [-0.1, -0.05) is 0 Å². The molecule has 210 valence electrons. The highest BCUT2D eigenvalue weighted by Crippen LogP contribution is 2.05. The third-order valence-electron chi connectivity index (χ3n) is 7.17. The predicted octanol–water partition coefficient (Wildman–Crippen LogP) is -0.391. The monoisotopic (exact) mass is 540 g/mol. The fourth-order valence-electron chi connectivity index (χ4n) is 4.70. The molecule has 1 aliphatic rings. The number of aromatic nitrogens is 3. The second-order valence-electron chi connectivity index (χ2n) is 9.70. The van der Waals surface area contributed by atoms with E-state index in [9.17, 15) is 29.7 Å². The molecule has 0 bridgehead atoms. The smallest absolute Gasteiger partial charge is 0.292 e. The molecule has 4 rings (SSSR count). The lowest BCUT2D eigenvalue weighted by Crippen LogP contribution is -2.39. The van der Waals surface area contributed by atoms with Crippen molar-refractivity contribution in [3.8, 4) is 17.2 Å². The highest BCUT2D eigenvalue weighted by Gasteiger charge is 2.17. The molecule has 3 aromatic rings. The van der Waals surface area contributed by atoms with Gasteiger partial charge in [0, 0.05) is 97.1 Å². The Bertz CT molecular complexity index is 1230.